The van der Waals surface area contributed by atoms with Crippen molar-refractivity contribution >= 4 is 27.2 Å². The lowest BCUT2D eigenvalue weighted by molar-refractivity contribution is -0.00926. The number of aryl methyl sites for hydroxylation is 1. The van der Waals surface area contributed by atoms with Gasteiger partial charge in [0.05, 0.1) is 5.39 Å². The summed E-state index contributed by atoms with van der Waals surface area (Å²) in [6, 6.07) is 0. The SMILES string of the molecule is C[C@@H]1CCc2c(sc3ncn4nc(C56CC7CC(CC(C7)C5)C6)nc4c23)C1. The van der Waals surface area contributed by atoms with Crippen molar-refractivity contribution in [3.05, 3.63) is 22.6 Å². The first kappa shape index (κ1) is 15.4. The van der Waals surface area contributed by atoms with Crippen LogP contribution in [0.4, 0.5) is 0 Å². The van der Waals surface area contributed by atoms with Crippen molar-refractivity contribution in [2.24, 2.45) is 23.7 Å². The first-order valence-electron chi connectivity index (χ1n) is 10.8. The zero-order valence-electron chi connectivity index (χ0n) is 15.9. The van der Waals surface area contributed by atoms with Crippen LogP contribution in [-0.4, -0.2) is 19.6 Å². The van der Waals surface area contributed by atoms with Gasteiger partial charge in [-0.3, -0.25) is 0 Å². The molecule has 4 nitrogen and oxygen atoms in total. The molecule has 4 fully saturated rings. The smallest absolute Gasteiger partial charge is 0.167 e. The van der Waals surface area contributed by atoms with Crippen LogP contribution in [0.5, 0.6) is 0 Å². The Labute approximate surface area is 163 Å². The van der Waals surface area contributed by atoms with E-state index in [-0.39, 0.29) is 5.41 Å². The van der Waals surface area contributed by atoms with Crippen LogP contribution in [0.3, 0.4) is 0 Å². The van der Waals surface area contributed by atoms with E-state index in [4.69, 9.17) is 15.1 Å². The molecule has 27 heavy (non-hydrogen) atoms. The van der Waals surface area contributed by atoms with Crippen LogP contribution in [0.25, 0.3) is 15.9 Å². The maximum Gasteiger partial charge on any atom is 0.167 e. The Morgan fingerprint density at radius 2 is 1.85 bits per heavy atom. The van der Waals surface area contributed by atoms with Crippen LogP contribution < -0.4 is 0 Å². The van der Waals surface area contributed by atoms with Crippen molar-refractivity contribution < 1.29 is 0 Å². The van der Waals surface area contributed by atoms with Crippen LogP contribution >= 0.6 is 11.3 Å². The molecule has 0 amide bonds. The van der Waals surface area contributed by atoms with E-state index in [1.807, 2.05) is 22.2 Å². The van der Waals surface area contributed by atoms with Crippen LogP contribution in [0, 0.1) is 23.7 Å². The lowest BCUT2D eigenvalue weighted by atomic mass is 9.49. The lowest BCUT2D eigenvalue weighted by Crippen LogP contribution is -2.49. The summed E-state index contributed by atoms with van der Waals surface area (Å²) in [5.74, 6) is 4.71. The molecule has 0 spiro atoms. The van der Waals surface area contributed by atoms with E-state index in [9.17, 15) is 0 Å². The van der Waals surface area contributed by atoms with Gasteiger partial charge in [0.15, 0.2) is 11.5 Å². The summed E-state index contributed by atoms with van der Waals surface area (Å²) in [5.41, 5.74) is 2.87. The minimum absolute atomic E-state index is 0.262. The van der Waals surface area contributed by atoms with E-state index in [0.717, 1.165) is 35.1 Å². The Kier molecular flexibility index (Phi) is 2.92. The Morgan fingerprint density at radius 3 is 2.59 bits per heavy atom. The van der Waals surface area contributed by atoms with E-state index in [0.29, 0.717) is 0 Å². The fourth-order valence-electron chi connectivity index (χ4n) is 7.35. The molecule has 3 heterocycles. The standard InChI is InChI=1S/C22H26N4S/c1-12-2-3-16-17(4-12)27-20-18(16)19-24-21(25-26(19)11-23-20)22-8-13-5-14(9-22)7-15(6-13)10-22/h11-15H,2-10H2,1H3/t12-,13?,14?,15?,22?/m1/s1. The Bertz CT molecular complexity index is 1040. The molecule has 4 saturated carbocycles. The quantitative estimate of drug-likeness (QED) is 0.603. The van der Waals surface area contributed by atoms with Crippen molar-refractivity contribution in [1.29, 1.82) is 0 Å². The average molecular weight is 379 g/mol. The molecule has 5 heteroatoms. The monoisotopic (exact) mass is 378 g/mol. The third kappa shape index (κ3) is 2.07. The lowest BCUT2D eigenvalue weighted by Gasteiger charge is -2.55. The van der Waals surface area contributed by atoms with Gasteiger partial charge in [0.2, 0.25) is 0 Å². The number of nitrogens with zero attached hydrogens (tertiary/aromatic N) is 4. The summed E-state index contributed by atoms with van der Waals surface area (Å²) in [4.78, 5) is 12.7. The molecule has 4 bridgehead atoms. The summed E-state index contributed by atoms with van der Waals surface area (Å²) >= 11 is 1.89. The van der Waals surface area contributed by atoms with Gasteiger partial charge in [0.25, 0.3) is 0 Å². The van der Waals surface area contributed by atoms with E-state index in [1.165, 1.54) is 73.6 Å². The highest BCUT2D eigenvalue weighted by Crippen LogP contribution is 2.60. The maximum absolute atomic E-state index is 5.25. The molecule has 0 unspecified atom stereocenters. The van der Waals surface area contributed by atoms with Crippen molar-refractivity contribution in [3.8, 4) is 0 Å². The molecule has 1 atom stereocenters. The molecule has 8 rings (SSSR count). The summed E-state index contributed by atoms with van der Waals surface area (Å²) in [5, 5.41) is 6.36. The zero-order chi connectivity index (χ0) is 17.8. The summed E-state index contributed by atoms with van der Waals surface area (Å²) < 4.78 is 2.00. The van der Waals surface area contributed by atoms with Gasteiger partial charge in [-0.2, -0.15) is 0 Å². The molecular formula is C22H26N4S. The third-order valence-electron chi connectivity index (χ3n) is 8.14. The van der Waals surface area contributed by atoms with Crippen LogP contribution in [0.2, 0.25) is 0 Å². The highest BCUT2D eigenvalue weighted by molar-refractivity contribution is 7.19. The van der Waals surface area contributed by atoms with Gasteiger partial charge in [-0.15, -0.1) is 16.4 Å². The zero-order valence-corrected chi connectivity index (χ0v) is 16.8. The molecule has 0 aliphatic heterocycles. The maximum atomic E-state index is 5.25. The van der Waals surface area contributed by atoms with E-state index in [2.05, 4.69) is 6.92 Å². The van der Waals surface area contributed by atoms with Crippen molar-refractivity contribution in [1.82, 2.24) is 19.6 Å². The van der Waals surface area contributed by atoms with E-state index >= 15 is 0 Å². The predicted octanol–water partition coefficient (Wildman–Crippen LogP) is 4.93. The Balaban J connectivity index is 1.42. The number of thiophene rings is 1. The molecule has 5 aliphatic carbocycles. The van der Waals surface area contributed by atoms with E-state index in [1.54, 1.807) is 4.88 Å². The second kappa shape index (κ2) is 5.11. The molecule has 0 saturated heterocycles. The van der Waals surface area contributed by atoms with E-state index < -0.39 is 0 Å². The van der Waals surface area contributed by atoms with Crippen molar-refractivity contribution in [3.63, 3.8) is 0 Å². The number of hydrogen-bond donors (Lipinski definition) is 0. The van der Waals surface area contributed by atoms with Gasteiger partial charge in [-0.05, 0) is 87.0 Å². The topological polar surface area (TPSA) is 43.1 Å². The first-order chi connectivity index (χ1) is 13.2. The average Bonchev–Trinajstić information content (AvgIpc) is 3.21. The molecular weight excluding hydrogens is 352 g/mol. The third-order valence-corrected chi connectivity index (χ3v) is 9.31. The molecule has 140 valence electrons. The molecule has 0 aromatic carbocycles. The number of aromatic nitrogens is 4. The number of rotatable bonds is 1. The largest absolute Gasteiger partial charge is 0.225 e. The normalized spacial score (nSPS) is 37.4. The Morgan fingerprint density at radius 1 is 1.11 bits per heavy atom. The predicted molar refractivity (Wildman–Crippen MR) is 107 cm³/mol. The second-order valence-corrected chi connectivity index (χ2v) is 11.3. The van der Waals surface area contributed by atoms with Crippen LogP contribution in [0.1, 0.15) is 68.1 Å². The minimum Gasteiger partial charge on any atom is -0.225 e. The van der Waals surface area contributed by atoms with Gasteiger partial charge in [-0.25, -0.2) is 14.5 Å². The van der Waals surface area contributed by atoms with Gasteiger partial charge >= 0.3 is 0 Å². The van der Waals surface area contributed by atoms with Crippen molar-refractivity contribution in [2.45, 2.75) is 70.1 Å². The highest BCUT2D eigenvalue weighted by atomic mass is 32.1. The molecule has 3 aromatic heterocycles. The van der Waals surface area contributed by atoms with Crippen LogP contribution in [-0.2, 0) is 18.3 Å². The van der Waals surface area contributed by atoms with Gasteiger partial charge < -0.3 is 0 Å². The summed E-state index contributed by atoms with van der Waals surface area (Å²) in [6.45, 7) is 2.37. The fraction of sp³-hybridized carbons (Fsp3) is 0.682. The molecule has 0 N–H and O–H groups in total. The summed E-state index contributed by atoms with van der Waals surface area (Å²) in [7, 11) is 0. The minimum atomic E-state index is 0.262. The Hall–Kier alpha value is -1.49. The van der Waals surface area contributed by atoms with Gasteiger partial charge in [-0.1, -0.05) is 6.92 Å². The second-order valence-electron chi connectivity index (χ2n) is 10.2. The summed E-state index contributed by atoms with van der Waals surface area (Å²) in [6.07, 6.45) is 14.0. The van der Waals surface area contributed by atoms with Crippen molar-refractivity contribution in [2.75, 3.05) is 0 Å². The highest BCUT2D eigenvalue weighted by Gasteiger charge is 2.53. The fourth-order valence-corrected chi connectivity index (χ4v) is 8.69. The first-order valence-corrected chi connectivity index (χ1v) is 11.6. The molecule has 3 aromatic rings. The number of hydrogen-bond acceptors (Lipinski definition) is 4. The number of fused-ring (bicyclic) bond motifs is 5. The molecule has 5 aliphatic rings. The van der Waals surface area contributed by atoms with Gasteiger partial charge in [0.1, 0.15) is 11.2 Å². The van der Waals surface area contributed by atoms with Crippen LogP contribution in [0.15, 0.2) is 6.33 Å². The van der Waals surface area contributed by atoms with Gasteiger partial charge in [0, 0.05) is 10.3 Å². The molecule has 0 radical (unpaired) electrons.